The van der Waals surface area contributed by atoms with E-state index < -0.39 is 0 Å². The molecule has 0 spiro atoms. The first-order valence-electron chi connectivity index (χ1n) is 5.41. The first kappa shape index (κ1) is 14.8. The Balaban J connectivity index is 3.84. The highest BCUT2D eigenvalue weighted by molar-refractivity contribution is 4.62. The van der Waals surface area contributed by atoms with Crippen LogP contribution in [0.5, 0.6) is 0 Å². The maximum absolute atomic E-state index is 8.72. The van der Waals surface area contributed by atoms with Gasteiger partial charge in [0.15, 0.2) is 0 Å². The van der Waals surface area contributed by atoms with Gasteiger partial charge in [0.2, 0.25) is 0 Å². The molecule has 0 saturated heterocycles. The van der Waals surface area contributed by atoms with Crippen molar-refractivity contribution in [2.45, 2.75) is 19.5 Å². The van der Waals surface area contributed by atoms with Gasteiger partial charge in [0.25, 0.3) is 0 Å². The first-order chi connectivity index (χ1) is 7.26. The Kier molecular flexibility index (Phi) is 10.1. The summed E-state index contributed by atoms with van der Waals surface area (Å²) in [6.45, 7) is 4.76. The molecule has 0 fully saturated rings. The summed E-state index contributed by atoms with van der Waals surface area (Å²) in [4.78, 5) is 0. The van der Waals surface area contributed by atoms with Gasteiger partial charge in [-0.15, -0.1) is 0 Å². The lowest BCUT2D eigenvalue weighted by molar-refractivity contribution is 0.0946. The van der Waals surface area contributed by atoms with Crippen LogP contribution in [0.25, 0.3) is 0 Å². The second kappa shape index (κ2) is 10.3. The lowest BCUT2D eigenvalue weighted by Crippen LogP contribution is -2.52. The highest BCUT2D eigenvalue weighted by Gasteiger charge is 2.11. The third kappa shape index (κ3) is 7.66. The fourth-order valence-corrected chi connectivity index (χ4v) is 1.25. The fraction of sp³-hybridized carbons (Fsp3) is 1.00. The second-order valence-corrected chi connectivity index (χ2v) is 3.32. The molecule has 6 N–H and O–H groups in total. The lowest BCUT2D eigenvalue weighted by Gasteiger charge is -2.29. The van der Waals surface area contributed by atoms with E-state index in [1.165, 1.54) is 0 Å². The van der Waals surface area contributed by atoms with E-state index in [-0.39, 0.29) is 19.4 Å². The smallest absolute Gasteiger partial charge is 0.0705 e. The lowest BCUT2D eigenvalue weighted by atomic mass is 10.4. The summed E-state index contributed by atoms with van der Waals surface area (Å²) in [5, 5.41) is 22.5. The van der Waals surface area contributed by atoms with E-state index in [2.05, 4.69) is 10.7 Å². The van der Waals surface area contributed by atoms with Crippen molar-refractivity contribution in [3.05, 3.63) is 0 Å². The molecule has 0 aliphatic rings. The molecular formula is C9H24N4O2. The first-order valence-corrected chi connectivity index (χ1v) is 5.41. The summed E-state index contributed by atoms with van der Waals surface area (Å²) >= 11 is 0. The summed E-state index contributed by atoms with van der Waals surface area (Å²) in [5.41, 5.74) is 8.54. The van der Waals surface area contributed by atoms with Crippen LogP contribution < -0.4 is 16.5 Å². The number of aliphatic hydroxyl groups excluding tert-OH is 2. The minimum atomic E-state index is 0.103. The maximum atomic E-state index is 8.72. The SMILES string of the molecule is CC(NCCO)N(CCCN)NCCO. The Hall–Kier alpha value is -0.240. The van der Waals surface area contributed by atoms with E-state index in [0.717, 1.165) is 13.0 Å². The number of aliphatic hydroxyl groups is 2. The average molecular weight is 220 g/mol. The summed E-state index contributed by atoms with van der Waals surface area (Å²) in [7, 11) is 0. The third-order valence-electron chi connectivity index (χ3n) is 2.05. The van der Waals surface area contributed by atoms with Crippen LogP contribution in [0.15, 0.2) is 0 Å². The summed E-state index contributed by atoms with van der Waals surface area (Å²) in [5.74, 6) is 0. The molecule has 92 valence electrons. The van der Waals surface area contributed by atoms with Crippen molar-refractivity contribution in [1.29, 1.82) is 0 Å². The van der Waals surface area contributed by atoms with Gasteiger partial charge in [0.1, 0.15) is 0 Å². The van der Waals surface area contributed by atoms with Crippen LogP contribution in [-0.2, 0) is 0 Å². The van der Waals surface area contributed by atoms with Crippen molar-refractivity contribution >= 4 is 0 Å². The van der Waals surface area contributed by atoms with Crippen molar-refractivity contribution in [3.8, 4) is 0 Å². The number of nitrogens with zero attached hydrogens (tertiary/aromatic N) is 1. The Morgan fingerprint density at radius 2 is 1.93 bits per heavy atom. The van der Waals surface area contributed by atoms with Crippen LogP contribution >= 0.6 is 0 Å². The highest BCUT2D eigenvalue weighted by Crippen LogP contribution is 1.92. The molecule has 0 bridgehead atoms. The predicted octanol–water partition coefficient (Wildman–Crippen LogP) is -1.94. The van der Waals surface area contributed by atoms with Crippen molar-refractivity contribution in [1.82, 2.24) is 15.8 Å². The molecule has 0 heterocycles. The average Bonchev–Trinajstić information content (AvgIpc) is 2.26. The predicted molar refractivity (Wildman–Crippen MR) is 60.0 cm³/mol. The highest BCUT2D eigenvalue weighted by atomic mass is 16.3. The van der Waals surface area contributed by atoms with E-state index in [9.17, 15) is 0 Å². The number of hydrogen-bond acceptors (Lipinski definition) is 6. The zero-order chi connectivity index (χ0) is 11.5. The quantitative estimate of drug-likeness (QED) is 0.217. The molecule has 6 heteroatoms. The van der Waals surface area contributed by atoms with Crippen molar-refractivity contribution in [2.75, 3.05) is 39.4 Å². The van der Waals surface area contributed by atoms with Crippen LogP contribution in [0.3, 0.4) is 0 Å². The largest absolute Gasteiger partial charge is 0.395 e. The molecule has 0 aliphatic heterocycles. The molecule has 0 radical (unpaired) electrons. The Morgan fingerprint density at radius 3 is 2.47 bits per heavy atom. The van der Waals surface area contributed by atoms with Crippen LogP contribution in [-0.4, -0.2) is 60.8 Å². The zero-order valence-electron chi connectivity index (χ0n) is 9.45. The normalized spacial score (nSPS) is 13.4. The molecule has 0 amide bonds. The molecule has 0 aromatic heterocycles. The molecule has 0 rings (SSSR count). The van der Waals surface area contributed by atoms with Crippen molar-refractivity contribution < 1.29 is 10.2 Å². The number of nitrogens with one attached hydrogen (secondary N) is 2. The van der Waals surface area contributed by atoms with E-state index in [0.29, 0.717) is 19.6 Å². The van der Waals surface area contributed by atoms with Crippen molar-refractivity contribution in [2.24, 2.45) is 5.73 Å². The standard InChI is InChI=1S/C9H24N4O2/c1-9(11-4-7-14)13(6-2-3-10)12-5-8-15/h9,11-12,14-15H,2-8,10H2,1H3. The Bertz CT molecular complexity index is 129. The van der Waals surface area contributed by atoms with Gasteiger partial charge < -0.3 is 15.9 Å². The van der Waals surface area contributed by atoms with Gasteiger partial charge >= 0.3 is 0 Å². The number of hydrogen-bond donors (Lipinski definition) is 5. The van der Waals surface area contributed by atoms with E-state index in [4.69, 9.17) is 15.9 Å². The van der Waals surface area contributed by atoms with Crippen LogP contribution in [0.4, 0.5) is 0 Å². The maximum Gasteiger partial charge on any atom is 0.0705 e. The Labute approximate surface area is 91.4 Å². The molecule has 1 atom stereocenters. The topological polar surface area (TPSA) is 93.8 Å². The molecule has 0 aliphatic carbocycles. The minimum absolute atomic E-state index is 0.103. The molecule has 0 aromatic rings. The number of rotatable bonds is 10. The monoisotopic (exact) mass is 220 g/mol. The number of hydrazine groups is 1. The second-order valence-electron chi connectivity index (χ2n) is 3.32. The summed E-state index contributed by atoms with van der Waals surface area (Å²) in [6.07, 6.45) is 0.999. The zero-order valence-corrected chi connectivity index (χ0v) is 9.45. The summed E-state index contributed by atoms with van der Waals surface area (Å²) in [6, 6.07) is 0. The number of nitrogens with two attached hydrogens (primary N) is 1. The van der Waals surface area contributed by atoms with Gasteiger partial charge in [-0.3, -0.25) is 10.7 Å². The van der Waals surface area contributed by atoms with Gasteiger partial charge in [-0.05, 0) is 19.9 Å². The van der Waals surface area contributed by atoms with Crippen LogP contribution in [0.2, 0.25) is 0 Å². The van der Waals surface area contributed by atoms with Crippen LogP contribution in [0, 0.1) is 0 Å². The third-order valence-corrected chi connectivity index (χ3v) is 2.05. The molecule has 0 saturated carbocycles. The van der Waals surface area contributed by atoms with Gasteiger partial charge in [-0.1, -0.05) is 0 Å². The minimum Gasteiger partial charge on any atom is -0.395 e. The van der Waals surface area contributed by atoms with E-state index >= 15 is 0 Å². The molecule has 6 nitrogen and oxygen atoms in total. The van der Waals surface area contributed by atoms with Gasteiger partial charge in [0, 0.05) is 19.6 Å². The van der Waals surface area contributed by atoms with E-state index in [1.807, 2.05) is 11.9 Å². The fourth-order valence-electron chi connectivity index (χ4n) is 1.25. The van der Waals surface area contributed by atoms with Crippen molar-refractivity contribution in [3.63, 3.8) is 0 Å². The molecule has 0 aromatic carbocycles. The van der Waals surface area contributed by atoms with Gasteiger partial charge in [-0.25, -0.2) is 5.01 Å². The van der Waals surface area contributed by atoms with E-state index in [1.54, 1.807) is 0 Å². The molecular weight excluding hydrogens is 196 g/mol. The molecule has 15 heavy (non-hydrogen) atoms. The van der Waals surface area contributed by atoms with Gasteiger partial charge in [-0.2, -0.15) is 0 Å². The van der Waals surface area contributed by atoms with Crippen LogP contribution in [0.1, 0.15) is 13.3 Å². The van der Waals surface area contributed by atoms with Gasteiger partial charge in [0.05, 0.1) is 19.4 Å². The Morgan fingerprint density at radius 1 is 1.27 bits per heavy atom. The molecule has 1 unspecified atom stereocenters. The summed E-state index contributed by atoms with van der Waals surface area (Å²) < 4.78 is 0.